The van der Waals surface area contributed by atoms with E-state index in [0.29, 0.717) is 0 Å². The monoisotopic (exact) mass is 190 g/mol. The molecular formula is C6H12BO4P. The zero-order valence-electron chi connectivity index (χ0n) is 7.28. The van der Waals surface area contributed by atoms with E-state index in [-0.39, 0.29) is 19.4 Å². The first-order chi connectivity index (χ1) is 5.54. The molecule has 0 aliphatic carbocycles. The van der Waals surface area contributed by atoms with Gasteiger partial charge in [0, 0.05) is 0 Å². The van der Waals surface area contributed by atoms with Gasteiger partial charge in [0.25, 0.3) is 0 Å². The van der Waals surface area contributed by atoms with Crippen LogP contribution in [0.2, 0.25) is 0 Å². The summed E-state index contributed by atoms with van der Waals surface area (Å²) in [5.74, 6) is 0. The Bertz CT molecular complexity index is 184. The van der Waals surface area contributed by atoms with Crippen molar-refractivity contribution in [2.75, 3.05) is 19.4 Å². The van der Waals surface area contributed by atoms with E-state index >= 15 is 0 Å². The van der Waals surface area contributed by atoms with Gasteiger partial charge in [0.05, 0.1) is 25.1 Å². The molecule has 0 bridgehead atoms. The highest BCUT2D eigenvalue weighted by molar-refractivity contribution is 7.55. The third kappa shape index (κ3) is 4.70. The van der Waals surface area contributed by atoms with E-state index in [1.54, 1.807) is 13.8 Å². The largest absolute Gasteiger partial charge is 0.337 e. The van der Waals surface area contributed by atoms with Crippen molar-refractivity contribution in [2.45, 2.75) is 13.8 Å². The fourth-order valence-electron chi connectivity index (χ4n) is 0.713. The lowest BCUT2D eigenvalue weighted by molar-refractivity contribution is -0.109. The Morgan fingerprint density at radius 1 is 1.33 bits per heavy atom. The van der Waals surface area contributed by atoms with Crippen molar-refractivity contribution in [1.29, 1.82) is 0 Å². The zero-order chi connectivity index (χ0) is 9.61. The SMILES string of the molecule is [B]C(=O)CP(=O)(OCC)OCC. The summed E-state index contributed by atoms with van der Waals surface area (Å²) in [4.78, 5) is 10.5. The average Bonchev–Trinajstić information content (AvgIpc) is 1.85. The van der Waals surface area contributed by atoms with Crippen molar-refractivity contribution in [1.82, 2.24) is 0 Å². The zero-order valence-corrected chi connectivity index (χ0v) is 8.17. The summed E-state index contributed by atoms with van der Waals surface area (Å²) < 4.78 is 21.1. The Labute approximate surface area is 73.6 Å². The molecule has 6 heteroatoms. The Morgan fingerprint density at radius 2 is 1.75 bits per heavy atom. The molecule has 0 rings (SSSR count). The highest BCUT2D eigenvalue weighted by atomic mass is 31.2. The normalized spacial score (nSPS) is 11.5. The molecule has 0 saturated heterocycles. The van der Waals surface area contributed by atoms with Crippen molar-refractivity contribution < 1.29 is 18.4 Å². The summed E-state index contributed by atoms with van der Waals surface area (Å²) in [7, 11) is 1.62. The number of hydrogen-bond donors (Lipinski definition) is 0. The molecule has 0 aromatic rings. The lowest BCUT2D eigenvalue weighted by atomic mass is 10.1. The Morgan fingerprint density at radius 3 is 2.00 bits per heavy atom. The second-order valence-corrected chi connectivity index (χ2v) is 4.13. The van der Waals surface area contributed by atoms with Gasteiger partial charge in [-0.15, -0.1) is 0 Å². The summed E-state index contributed by atoms with van der Waals surface area (Å²) in [5, 5.41) is 0. The third-order valence-electron chi connectivity index (χ3n) is 1.00. The van der Waals surface area contributed by atoms with E-state index in [2.05, 4.69) is 0 Å². The molecule has 0 heterocycles. The van der Waals surface area contributed by atoms with Crippen LogP contribution >= 0.6 is 7.60 Å². The maximum absolute atomic E-state index is 11.5. The van der Waals surface area contributed by atoms with Gasteiger partial charge in [-0.25, -0.2) is 0 Å². The van der Waals surface area contributed by atoms with Crippen LogP contribution in [-0.4, -0.2) is 32.9 Å². The van der Waals surface area contributed by atoms with Crippen molar-refractivity contribution in [3.8, 4) is 0 Å². The smallest absolute Gasteiger partial charge is 0.312 e. The number of carbonyl (C=O) groups is 1. The molecule has 0 saturated carbocycles. The van der Waals surface area contributed by atoms with Crippen LogP contribution < -0.4 is 0 Å². The molecular weight excluding hydrogens is 178 g/mol. The van der Waals surface area contributed by atoms with Crippen LogP contribution in [0.5, 0.6) is 0 Å². The summed E-state index contributed by atoms with van der Waals surface area (Å²) in [6, 6.07) is 0. The van der Waals surface area contributed by atoms with Crippen LogP contribution in [0.15, 0.2) is 0 Å². The van der Waals surface area contributed by atoms with Gasteiger partial charge in [-0.1, -0.05) is 0 Å². The molecule has 0 fully saturated rings. The van der Waals surface area contributed by atoms with Crippen molar-refractivity contribution in [3.05, 3.63) is 0 Å². The first kappa shape index (κ1) is 11.9. The Kier molecular flexibility index (Phi) is 5.46. The predicted molar refractivity (Wildman–Crippen MR) is 46.5 cm³/mol. The first-order valence-corrected chi connectivity index (χ1v) is 5.43. The summed E-state index contributed by atoms with van der Waals surface area (Å²) >= 11 is 0. The van der Waals surface area contributed by atoms with Crippen LogP contribution in [0.1, 0.15) is 13.8 Å². The highest BCUT2D eigenvalue weighted by Crippen LogP contribution is 2.47. The standard InChI is InChI=1S/C6H12BO4P/c1-3-10-12(9,11-4-2)5-6(7)8/h3-5H2,1-2H3. The topological polar surface area (TPSA) is 52.6 Å². The fourth-order valence-corrected chi connectivity index (χ4v) is 2.14. The van der Waals surface area contributed by atoms with E-state index in [1.165, 1.54) is 0 Å². The molecule has 2 radical (unpaired) electrons. The van der Waals surface area contributed by atoms with Gasteiger partial charge < -0.3 is 13.8 Å². The summed E-state index contributed by atoms with van der Waals surface area (Å²) in [6.07, 6.45) is -0.353. The molecule has 0 unspecified atom stereocenters. The Balaban J connectivity index is 4.18. The van der Waals surface area contributed by atoms with E-state index in [4.69, 9.17) is 16.9 Å². The average molecular weight is 190 g/mol. The van der Waals surface area contributed by atoms with Crippen LogP contribution in [0.3, 0.4) is 0 Å². The first-order valence-electron chi connectivity index (χ1n) is 3.70. The minimum atomic E-state index is -3.25. The van der Waals surface area contributed by atoms with Gasteiger partial charge >= 0.3 is 7.60 Å². The third-order valence-corrected chi connectivity index (χ3v) is 3.00. The van der Waals surface area contributed by atoms with Crippen LogP contribution in [0.25, 0.3) is 0 Å². The minimum Gasteiger partial charge on any atom is -0.312 e. The van der Waals surface area contributed by atoms with Crippen LogP contribution in [0.4, 0.5) is 0 Å². The summed E-state index contributed by atoms with van der Waals surface area (Å²) in [6.45, 7) is 3.83. The minimum absolute atomic E-state index is 0.241. The highest BCUT2D eigenvalue weighted by Gasteiger charge is 2.24. The molecule has 0 aromatic heterocycles. The van der Waals surface area contributed by atoms with Crippen molar-refractivity contribution in [3.63, 3.8) is 0 Å². The molecule has 0 atom stereocenters. The Hall–Kier alpha value is -0.115. The second-order valence-electron chi connectivity index (χ2n) is 2.07. The van der Waals surface area contributed by atoms with Gasteiger partial charge in [-0.3, -0.25) is 4.57 Å². The molecule has 4 nitrogen and oxygen atoms in total. The lowest BCUT2D eigenvalue weighted by Crippen LogP contribution is -2.09. The molecule has 0 amide bonds. The van der Waals surface area contributed by atoms with Gasteiger partial charge in [0.15, 0.2) is 7.85 Å². The van der Waals surface area contributed by atoms with Gasteiger partial charge in [0.2, 0.25) is 0 Å². The van der Waals surface area contributed by atoms with E-state index in [9.17, 15) is 9.36 Å². The number of carbonyl (C=O) groups excluding carboxylic acids is 1. The fraction of sp³-hybridized carbons (Fsp3) is 0.833. The number of hydrogen-bond acceptors (Lipinski definition) is 4. The van der Waals surface area contributed by atoms with Crippen LogP contribution in [0, 0.1) is 0 Å². The van der Waals surface area contributed by atoms with E-state index in [0.717, 1.165) is 0 Å². The van der Waals surface area contributed by atoms with Crippen molar-refractivity contribution >= 4 is 21.1 Å². The maximum Gasteiger partial charge on any atom is 0.337 e. The van der Waals surface area contributed by atoms with Gasteiger partial charge in [-0.2, -0.15) is 0 Å². The van der Waals surface area contributed by atoms with E-state index in [1.807, 2.05) is 0 Å². The maximum atomic E-state index is 11.5. The van der Waals surface area contributed by atoms with Crippen LogP contribution in [-0.2, 0) is 18.4 Å². The molecule has 0 aliphatic rings. The van der Waals surface area contributed by atoms with E-state index < -0.39 is 13.3 Å². The molecule has 0 aromatic carbocycles. The molecule has 12 heavy (non-hydrogen) atoms. The summed E-state index contributed by atoms with van der Waals surface area (Å²) in [5.41, 5.74) is -0.680. The molecule has 68 valence electrons. The predicted octanol–water partition coefficient (Wildman–Crippen LogP) is 0.948. The van der Waals surface area contributed by atoms with Gasteiger partial charge in [-0.05, 0) is 13.8 Å². The molecule has 0 spiro atoms. The molecule has 0 N–H and O–H groups in total. The van der Waals surface area contributed by atoms with Crippen molar-refractivity contribution in [2.24, 2.45) is 0 Å². The quantitative estimate of drug-likeness (QED) is 0.462. The molecule has 0 aliphatic heterocycles. The second kappa shape index (κ2) is 5.52. The number of rotatable bonds is 6. The van der Waals surface area contributed by atoms with Gasteiger partial charge in [0.1, 0.15) is 0 Å². The lowest BCUT2D eigenvalue weighted by Gasteiger charge is -2.15.